The first-order chi connectivity index (χ1) is 10.0. The molecule has 2 rings (SSSR count). The number of halogens is 2. The van der Waals surface area contributed by atoms with Gasteiger partial charge in [-0.15, -0.1) is 0 Å². The molecule has 112 valence electrons. The molecule has 0 radical (unpaired) electrons. The molecule has 0 fully saturated rings. The smallest absolute Gasteiger partial charge is 0.122 e. The molecule has 1 N–H and O–H groups in total. The van der Waals surface area contributed by atoms with Crippen LogP contribution in [0.3, 0.4) is 0 Å². The first-order valence-corrected chi connectivity index (χ1v) is 7.68. The number of ether oxygens (including phenoxy) is 1. The van der Waals surface area contributed by atoms with Crippen molar-refractivity contribution in [2.24, 2.45) is 0 Å². The standard InChI is InChI=1S/C17H19Cl2NO/c1-12(2)20-10-13-3-5-14(6-4-13)11-21-17-8-15(18)7-16(19)9-17/h3-9,12,20H,10-11H2,1-2H3. The Morgan fingerprint density at radius 2 is 1.52 bits per heavy atom. The fourth-order valence-corrected chi connectivity index (χ4v) is 2.36. The fraction of sp³-hybridized carbons (Fsp3) is 0.294. The van der Waals surface area contributed by atoms with Gasteiger partial charge in [-0.05, 0) is 29.3 Å². The van der Waals surface area contributed by atoms with Crippen LogP contribution in [0.1, 0.15) is 25.0 Å². The maximum Gasteiger partial charge on any atom is 0.122 e. The molecule has 0 atom stereocenters. The molecule has 4 heteroatoms. The van der Waals surface area contributed by atoms with Crippen LogP contribution in [0.25, 0.3) is 0 Å². The van der Waals surface area contributed by atoms with Crippen LogP contribution in [0.5, 0.6) is 5.75 Å². The van der Waals surface area contributed by atoms with Crippen LogP contribution in [-0.4, -0.2) is 6.04 Å². The molecule has 0 aromatic heterocycles. The summed E-state index contributed by atoms with van der Waals surface area (Å²) >= 11 is 11.9. The molecule has 0 amide bonds. The van der Waals surface area contributed by atoms with E-state index in [2.05, 4.69) is 43.4 Å². The Hall–Kier alpha value is -1.22. The molecule has 2 nitrogen and oxygen atoms in total. The van der Waals surface area contributed by atoms with Crippen LogP contribution >= 0.6 is 23.2 Å². The number of hydrogen-bond acceptors (Lipinski definition) is 2. The summed E-state index contributed by atoms with van der Waals surface area (Å²) in [6, 6.07) is 14.1. The molecule has 2 aromatic carbocycles. The lowest BCUT2D eigenvalue weighted by molar-refractivity contribution is 0.306. The molecule has 0 bridgehead atoms. The topological polar surface area (TPSA) is 21.3 Å². The second-order valence-corrected chi connectivity index (χ2v) is 6.12. The summed E-state index contributed by atoms with van der Waals surface area (Å²) in [5, 5.41) is 4.54. The molecule has 0 aliphatic carbocycles. The van der Waals surface area contributed by atoms with Crippen molar-refractivity contribution in [1.82, 2.24) is 5.32 Å². The Morgan fingerprint density at radius 1 is 0.952 bits per heavy atom. The Balaban J connectivity index is 1.91. The SMILES string of the molecule is CC(C)NCc1ccc(COc2cc(Cl)cc(Cl)c2)cc1. The second-order valence-electron chi connectivity index (χ2n) is 5.25. The van der Waals surface area contributed by atoms with Gasteiger partial charge in [-0.1, -0.05) is 61.3 Å². The fourth-order valence-electron chi connectivity index (χ4n) is 1.85. The lowest BCUT2D eigenvalue weighted by Crippen LogP contribution is -2.21. The summed E-state index contributed by atoms with van der Waals surface area (Å²) < 4.78 is 5.71. The minimum Gasteiger partial charge on any atom is -0.489 e. The van der Waals surface area contributed by atoms with Gasteiger partial charge in [0.15, 0.2) is 0 Å². The summed E-state index contributed by atoms with van der Waals surface area (Å²) in [6.07, 6.45) is 0. The van der Waals surface area contributed by atoms with E-state index in [1.54, 1.807) is 18.2 Å². The Kier molecular flexibility index (Phi) is 5.92. The number of hydrogen-bond donors (Lipinski definition) is 1. The van der Waals surface area contributed by atoms with Crippen molar-refractivity contribution in [3.8, 4) is 5.75 Å². The predicted molar refractivity (Wildman–Crippen MR) is 89.2 cm³/mol. The molecule has 21 heavy (non-hydrogen) atoms. The van der Waals surface area contributed by atoms with Crippen LogP contribution < -0.4 is 10.1 Å². The van der Waals surface area contributed by atoms with Crippen LogP contribution in [-0.2, 0) is 13.2 Å². The maximum absolute atomic E-state index is 5.94. The van der Waals surface area contributed by atoms with Crippen molar-refractivity contribution in [3.63, 3.8) is 0 Å². The van der Waals surface area contributed by atoms with Gasteiger partial charge in [0.1, 0.15) is 12.4 Å². The van der Waals surface area contributed by atoms with Crippen molar-refractivity contribution < 1.29 is 4.74 Å². The molecule has 0 unspecified atom stereocenters. The minimum atomic E-state index is 0.487. The maximum atomic E-state index is 5.94. The Bertz CT molecular complexity index is 562. The minimum absolute atomic E-state index is 0.487. The van der Waals surface area contributed by atoms with Gasteiger partial charge in [-0.3, -0.25) is 0 Å². The highest BCUT2D eigenvalue weighted by atomic mass is 35.5. The number of benzene rings is 2. The average molecular weight is 324 g/mol. The van der Waals surface area contributed by atoms with E-state index < -0.39 is 0 Å². The number of nitrogens with one attached hydrogen (secondary N) is 1. The lowest BCUT2D eigenvalue weighted by Gasteiger charge is -2.10. The zero-order chi connectivity index (χ0) is 15.2. The zero-order valence-electron chi connectivity index (χ0n) is 12.2. The first kappa shape index (κ1) is 16.2. The highest BCUT2D eigenvalue weighted by Gasteiger charge is 2.01. The van der Waals surface area contributed by atoms with Crippen molar-refractivity contribution in [3.05, 3.63) is 63.6 Å². The van der Waals surface area contributed by atoms with Crippen LogP contribution in [0.4, 0.5) is 0 Å². The van der Waals surface area contributed by atoms with E-state index in [1.165, 1.54) is 5.56 Å². The first-order valence-electron chi connectivity index (χ1n) is 6.93. The Labute approximate surface area is 136 Å². The summed E-state index contributed by atoms with van der Waals surface area (Å²) in [5.41, 5.74) is 2.37. The van der Waals surface area contributed by atoms with Gasteiger partial charge in [0.2, 0.25) is 0 Å². The third kappa shape index (κ3) is 5.58. The van der Waals surface area contributed by atoms with Crippen molar-refractivity contribution in [2.45, 2.75) is 33.0 Å². The quantitative estimate of drug-likeness (QED) is 0.801. The molecule has 0 aliphatic heterocycles. The molecule has 0 spiro atoms. The van der Waals surface area contributed by atoms with Crippen LogP contribution in [0.2, 0.25) is 10.0 Å². The van der Waals surface area contributed by atoms with Crippen LogP contribution in [0.15, 0.2) is 42.5 Å². The normalized spacial score (nSPS) is 10.9. The molecule has 0 heterocycles. The molecule has 2 aromatic rings. The van der Waals surface area contributed by atoms with Crippen molar-refractivity contribution >= 4 is 23.2 Å². The van der Waals surface area contributed by atoms with E-state index in [-0.39, 0.29) is 0 Å². The monoisotopic (exact) mass is 323 g/mol. The van der Waals surface area contributed by atoms with Gasteiger partial charge in [-0.25, -0.2) is 0 Å². The third-order valence-corrected chi connectivity index (χ3v) is 3.42. The van der Waals surface area contributed by atoms with E-state index in [0.717, 1.165) is 12.1 Å². The summed E-state index contributed by atoms with van der Waals surface area (Å²) in [6.45, 7) is 5.65. The highest BCUT2D eigenvalue weighted by molar-refractivity contribution is 6.34. The van der Waals surface area contributed by atoms with Gasteiger partial charge in [0.05, 0.1) is 0 Å². The predicted octanol–water partition coefficient (Wildman–Crippen LogP) is 5.07. The second kappa shape index (κ2) is 7.69. The molecule has 0 aliphatic rings. The van der Waals surface area contributed by atoms with Gasteiger partial charge in [-0.2, -0.15) is 0 Å². The van der Waals surface area contributed by atoms with Crippen molar-refractivity contribution in [1.29, 1.82) is 0 Å². The van der Waals surface area contributed by atoms with Crippen LogP contribution in [0, 0.1) is 0 Å². The van der Waals surface area contributed by atoms with E-state index in [4.69, 9.17) is 27.9 Å². The Morgan fingerprint density at radius 3 is 2.10 bits per heavy atom. The summed E-state index contributed by atoms with van der Waals surface area (Å²) in [5.74, 6) is 0.679. The van der Waals surface area contributed by atoms with Gasteiger partial charge >= 0.3 is 0 Å². The summed E-state index contributed by atoms with van der Waals surface area (Å²) in [7, 11) is 0. The van der Waals surface area contributed by atoms with Crippen molar-refractivity contribution in [2.75, 3.05) is 0 Å². The average Bonchev–Trinajstić information content (AvgIpc) is 2.43. The molecule has 0 saturated heterocycles. The van der Waals surface area contributed by atoms with E-state index >= 15 is 0 Å². The lowest BCUT2D eigenvalue weighted by atomic mass is 10.1. The summed E-state index contributed by atoms with van der Waals surface area (Å²) in [4.78, 5) is 0. The molecular formula is C17H19Cl2NO. The number of rotatable bonds is 6. The van der Waals surface area contributed by atoms with Gasteiger partial charge < -0.3 is 10.1 Å². The highest BCUT2D eigenvalue weighted by Crippen LogP contribution is 2.24. The van der Waals surface area contributed by atoms with Gasteiger partial charge in [0.25, 0.3) is 0 Å². The van der Waals surface area contributed by atoms with E-state index in [9.17, 15) is 0 Å². The van der Waals surface area contributed by atoms with E-state index in [1.807, 2.05) is 0 Å². The molecular weight excluding hydrogens is 305 g/mol. The largest absolute Gasteiger partial charge is 0.489 e. The zero-order valence-corrected chi connectivity index (χ0v) is 13.7. The van der Waals surface area contributed by atoms with Gasteiger partial charge in [0, 0.05) is 22.6 Å². The van der Waals surface area contributed by atoms with E-state index in [0.29, 0.717) is 28.4 Å². The molecule has 0 saturated carbocycles. The third-order valence-electron chi connectivity index (χ3n) is 2.98.